The molecule has 28 heavy (non-hydrogen) atoms. The van der Waals surface area contributed by atoms with Gasteiger partial charge in [-0.1, -0.05) is 45.0 Å². The van der Waals surface area contributed by atoms with Gasteiger partial charge in [-0.3, -0.25) is 9.48 Å². The zero-order valence-corrected chi connectivity index (χ0v) is 16.8. The van der Waals surface area contributed by atoms with Crippen molar-refractivity contribution in [2.75, 3.05) is 0 Å². The van der Waals surface area contributed by atoms with Crippen molar-refractivity contribution in [2.24, 2.45) is 0 Å². The van der Waals surface area contributed by atoms with Crippen LogP contribution in [0, 0.1) is 0 Å². The SMILES string of the molecule is CCC(C)c1ccc(C(CC)NC(=O)Cn2nc(C3CC3)cc2C(F)F)cc1. The van der Waals surface area contributed by atoms with Gasteiger partial charge in [0, 0.05) is 5.92 Å². The Labute approximate surface area is 165 Å². The smallest absolute Gasteiger partial charge is 0.280 e. The lowest BCUT2D eigenvalue weighted by molar-refractivity contribution is -0.122. The van der Waals surface area contributed by atoms with Gasteiger partial charge < -0.3 is 5.32 Å². The number of halogens is 2. The van der Waals surface area contributed by atoms with Gasteiger partial charge >= 0.3 is 0 Å². The molecule has 1 aliphatic carbocycles. The minimum absolute atomic E-state index is 0.146. The molecule has 3 rings (SSSR count). The van der Waals surface area contributed by atoms with E-state index in [1.165, 1.54) is 11.6 Å². The van der Waals surface area contributed by atoms with E-state index in [1.807, 2.05) is 19.1 Å². The number of aromatic nitrogens is 2. The van der Waals surface area contributed by atoms with Crippen LogP contribution < -0.4 is 5.32 Å². The molecule has 152 valence electrons. The zero-order chi connectivity index (χ0) is 20.3. The molecule has 1 N–H and O–H groups in total. The van der Waals surface area contributed by atoms with Crippen molar-refractivity contribution >= 4 is 5.91 Å². The van der Waals surface area contributed by atoms with Crippen molar-refractivity contribution in [3.63, 3.8) is 0 Å². The average molecular weight is 389 g/mol. The Morgan fingerprint density at radius 2 is 1.82 bits per heavy atom. The minimum atomic E-state index is -2.64. The molecule has 0 aliphatic heterocycles. The Bertz CT molecular complexity index is 797. The number of nitrogens with zero attached hydrogens (tertiary/aromatic N) is 2. The second-order valence-corrected chi connectivity index (χ2v) is 7.73. The third kappa shape index (κ3) is 4.78. The Balaban J connectivity index is 1.67. The number of hydrogen-bond acceptors (Lipinski definition) is 2. The molecule has 1 saturated carbocycles. The Hall–Kier alpha value is -2.24. The number of carbonyl (C=O) groups excluding carboxylic acids is 1. The molecule has 1 aromatic heterocycles. The molecular formula is C22H29F2N3O. The van der Waals surface area contributed by atoms with Crippen molar-refractivity contribution < 1.29 is 13.6 Å². The maximum absolute atomic E-state index is 13.3. The van der Waals surface area contributed by atoms with Gasteiger partial charge in [0.1, 0.15) is 12.2 Å². The van der Waals surface area contributed by atoms with Gasteiger partial charge in [0.2, 0.25) is 5.91 Å². The first kappa shape index (κ1) is 20.5. The summed E-state index contributed by atoms with van der Waals surface area (Å²) in [6.45, 7) is 6.16. The predicted molar refractivity (Wildman–Crippen MR) is 105 cm³/mol. The molecule has 2 atom stereocenters. The van der Waals surface area contributed by atoms with E-state index in [4.69, 9.17) is 0 Å². The summed E-state index contributed by atoms with van der Waals surface area (Å²) in [7, 11) is 0. The summed E-state index contributed by atoms with van der Waals surface area (Å²) in [5.74, 6) is 0.469. The van der Waals surface area contributed by atoms with Gasteiger partial charge in [-0.15, -0.1) is 0 Å². The number of nitrogens with one attached hydrogen (secondary N) is 1. The summed E-state index contributed by atoms with van der Waals surface area (Å²) in [6.07, 6.45) is 1.13. The first-order valence-electron chi connectivity index (χ1n) is 10.2. The van der Waals surface area contributed by atoms with Crippen LogP contribution in [-0.2, 0) is 11.3 Å². The summed E-state index contributed by atoms with van der Waals surface area (Å²) < 4.78 is 27.8. The highest BCUT2D eigenvalue weighted by Crippen LogP contribution is 2.40. The van der Waals surface area contributed by atoms with Gasteiger partial charge in [-0.2, -0.15) is 5.10 Å². The van der Waals surface area contributed by atoms with E-state index >= 15 is 0 Å². The van der Waals surface area contributed by atoms with Gasteiger partial charge in [-0.05, 0) is 48.8 Å². The number of benzene rings is 1. The molecule has 1 aliphatic rings. The molecule has 4 nitrogen and oxygen atoms in total. The van der Waals surface area contributed by atoms with E-state index in [0.717, 1.165) is 35.9 Å². The molecule has 0 saturated heterocycles. The average Bonchev–Trinajstić information content (AvgIpc) is 3.46. The van der Waals surface area contributed by atoms with E-state index in [0.29, 0.717) is 11.6 Å². The number of alkyl halides is 2. The van der Waals surface area contributed by atoms with Crippen LogP contribution in [0.5, 0.6) is 0 Å². The molecule has 0 spiro atoms. The molecule has 1 heterocycles. The molecular weight excluding hydrogens is 360 g/mol. The topological polar surface area (TPSA) is 46.9 Å². The lowest BCUT2D eigenvalue weighted by Crippen LogP contribution is -2.32. The van der Waals surface area contributed by atoms with Crippen LogP contribution in [0.1, 0.15) is 93.3 Å². The minimum Gasteiger partial charge on any atom is -0.348 e. The molecule has 0 bridgehead atoms. The Morgan fingerprint density at radius 3 is 2.36 bits per heavy atom. The van der Waals surface area contributed by atoms with Crippen LogP contribution >= 0.6 is 0 Å². The fourth-order valence-corrected chi connectivity index (χ4v) is 3.42. The second kappa shape index (κ2) is 8.84. The van der Waals surface area contributed by atoms with Crippen LogP contribution in [0.3, 0.4) is 0 Å². The van der Waals surface area contributed by atoms with Crippen LogP contribution in [-0.4, -0.2) is 15.7 Å². The van der Waals surface area contributed by atoms with Crippen molar-refractivity contribution in [1.29, 1.82) is 0 Å². The third-order valence-electron chi connectivity index (χ3n) is 5.61. The molecule has 0 radical (unpaired) electrons. The standard InChI is InChI=1S/C22H29F2N3O/c1-4-14(3)15-6-8-16(9-7-15)18(5-2)25-21(28)13-27-20(22(23)24)12-19(26-27)17-10-11-17/h6-9,12,14,17-18,22H,4-5,10-11,13H2,1-3H3,(H,25,28). The van der Waals surface area contributed by atoms with Crippen LogP contribution in [0.15, 0.2) is 30.3 Å². The van der Waals surface area contributed by atoms with Crippen LogP contribution in [0.2, 0.25) is 0 Å². The van der Waals surface area contributed by atoms with E-state index in [2.05, 4.69) is 36.4 Å². The van der Waals surface area contributed by atoms with Gasteiger partial charge in [0.05, 0.1) is 11.7 Å². The molecule has 1 aromatic carbocycles. The monoisotopic (exact) mass is 389 g/mol. The van der Waals surface area contributed by atoms with E-state index in [-0.39, 0.29) is 30.1 Å². The summed E-state index contributed by atoms with van der Waals surface area (Å²) >= 11 is 0. The normalized spacial score (nSPS) is 16.2. The second-order valence-electron chi connectivity index (χ2n) is 7.73. The fraction of sp³-hybridized carbons (Fsp3) is 0.545. The van der Waals surface area contributed by atoms with Crippen molar-refractivity contribution in [3.8, 4) is 0 Å². The molecule has 6 heteroatoms. The molecule has 2 unspecified atom stereocenters. The van der Waals surface area contributed by atoms with Gasteiger partial charge in [0.25, 0.3) is 6.43 Å². The van der Waals surface area contributed by atoms with Crippen molar-refractivity contribution in [1.82, 2.24) is 15.1 Å². The zero-order valence-electron chi connectivity index (χ0n) is 16.8. The number of rotatable bonds is 9. The van der Waals surface area contributed by atoms with Crippen molar-refractivity contribution in [2.45, 2.75) is 77.3 Å². The van der Waals surface area contributed by atoms with E-state index in [9.17, 15) is 13.6 Å². The fourth-order valence-electron chi connectivity index (χ4n) is 3.42. The van der Waals surface area contributed by atoms with Crippen molar-refractivity contribution in [3.05, 3.63) is 52.8 Å². The highest BCUT2D eigenvalue weighted by atomic mass is 19.3. The molecule has 1 amide bonds. The highest BCUT2D eigenvalue weighted by Gasteiger charge is 2.29. The first-order chi connectivity index (χ1) is 13.4. The predicted octanol–water partition coefficient (Wildman–Crippen LogP) is 5.48. The molecule has 1 fully saturated rings. The molecule has 2 aromatic rings. The lowest BCUT2D eigenvalue weighted by Gasteiger charge is -2.19. The Kier molecular flexibility index (Phi) is 6.47. The Morgan fingerprint density at radius 1 is 1.18 bits per heavy atom. The third-order valence-corrected chi connectivity index (χ3v) is 5.61. The maximum Gasteiger partial charge on any atom is 0.280 e. The summed E-state index contributed by atoms with van der Waals surface area (Å²) in [5.41, 5.74) is 2.80. The lowest BCUT2D eigenvalue weighted by atomic mass is 9.95. The number of carbonyl (C=O) groups is 1. The van der Waals surface area contributed by atoms with Crippen LogP contribution in [0.4, 0.5) is 8.78 Å². The number of amides is 1. The van der Waals surface area contributed by atoms with E-state index in [1.54, 1.807) is 0 Å². The number of hydrogen-bond donors (Lipinski definition) is 1. The van der Waals surface area contributed by atoms with Gasteiger partial charge in [0.15, 0.2) is 0 Å². The summed E-state index contributed by atoms with van der Waals surface area (Å²) in [6, 6.07) is 9.58. The summed E-state index contributed by atoms with van der Waals surface area (Å²) in [4.78, 5) is 12.5. The highest BCUT2D eigenvalue weighted by molar-refractivity contribution is 5.76. The maximum atomic E-state index is 13.3. The van der Waals surface area contributed by atoms with Gasteiger partial charge in [-0.25, -0.2) is 8.78 Å². The van der Waals surface area contributed by atoms with E-state index < -0.39 is 6.43 Å². The quantitative estimate of drug-likeness (QED) is 0.617. The largest absolute Gasteiger partial charge is 0.348 e. The van der Waals surface area contributed by atoms with Crippen LogP contribution in [0.25, 0.3) is 0 Å². The first-order valence-corrected chi connectivity index (χ1v) is 10.2. The summed E-state index contributed by atoms with van der Waals surface area (Å²) in [5, 5.41) is 7.23.